The van der Waals surface area contributed by atoms with E-state index in [4.69, 9.17) is 9.47 Å². The molecule has 4 atom stereocenters. The first-order chi connectivity index (χ1) is 15.7. The average Bonchev–Trinajstić information content (AvgIpc) is 3.33. The summed E-state index contributed by atoms with van der Waals surface area (Å²) in [6.07, 6.45) is 3.73. The standard InChI is InChI=1S/C24H34N4O5/c1-5-24(4)22(30)28(23(31)25-24)26-21(29)13-27(18-8-6-7-15(2)16(18)3)12-17-9-10-19-20(11-17)33-14-32-19/h9-11,15-16,18H,5-8,12-14H2,1-4H3,(H,25,31)(H,26,29). The van der Waals surface area contributed by atoms with Crippen molar-refractivity contribution < 1.29 is 23.9 Å². The van der Waals surface area contributed by atoms with E-state index in [1.807, 2.05) is 25.1 Å². The van der Waals surface area contributed by atoms with Crippen LogP contribution in [0, 0.1) is 11.8 Å². The molecule has 2 aliphatic heterocycles. The van der Waals surface area contributed by atoms with Gasteiger partial charge < -0.3 is 14.8 Å². The highest BCUT2D eigenvalue weighted by Gasteiger charge is 2.47. The van der Waals surface area contributed by atoms with Crippen molar-refractivity contribution in [2.75, 3.05) is 13.3 Å². The minimum atomic E-state index is -0.996. The second-order valence-corrected chi connectivity index (χ2v) is 9.72. The third kappa shape index (κ3) is 4.64. The first-order valence-corrected chi connectivity index (χ1v) is 11.8. The van der Waals surface area contributed by atoms with E-state index in [2.05, 4.69) is 29.5 Å². The highest BCUT2D eigenvalue weighted by atomic mass is 16.7. The second-order valence-electron chi connectivity index (χ2n) is 9.72. The highest BCUT2D eigenvalue weighted by molar-refractivity contribution is 6.07. The summed E-state index contributed by atoms with van der Waals surface area (Å²) in [7, 11) is 0. The van der Waals surface area contributed by atoms with Gasteiger partial charge in [-0.2, -0.15) is 5.01 Å². The third-order valence-electron chi connectivity index (χ3n) is 7.51. The molecule has 180 valence electrons. The zero-order chi connectivity index (χ0) is 23.8. The normalized spacial score (nSPS) is 28.9. The summed E-state index contributed by atoms with van der Waals surface area (Å²) < 4.78 is 10.9. The van der Waals surface area contributed by atoms with Gasteiger partial charge in [0.15, 0.2) is 11.5 Å². The third-order valence-corrected chi connectivity index (χ3v) is 7.51. The van der Waals surface area contributed by atoms with Gasteiger partial charge in [-0.15, -0.1) is 0 Å². The molecule has 4 rings (SSSR count). The molecule has 0 radical (unpaired) electrons. The zero-order valence-corrected chi connectivity index (χ0v) is 19.8. The van der Waals surface area contributed by atoms with Gasteiger partial charge >= 0.3 is 6.03 Å². The maximum Gasteiger partial charge on any atom is 0.344 e. The van der Waals surface area contributed by atoms with E-state index in [1.54, 1.807) is 6.92 Å². The van der Waals surface area contributed by atoms with Crippen LogP contribution in [0.2, 0.25) is 0 Å². The van der Waals surface area contributed by atoms with Gasteiger partial charge in [-0.1, -0.05) is 39.7 Å². The lowest BCUT2D eigenvalue weighted by atomic mass is 9.77. The Hall–Kier alpha value is -2.81. The van der Waals surface area contributed by atoms with Gasteiger partial charge in [0.05, 0.1) is 6.54 Å². The van der Waals surface area contributed by atoms with Crippen molar-refractivity contribution in [1.82, 2.24) is 20.7 Å². The number of ether oxygens (including phenoxy) is 2. The number of carbonyl (C=O) groups excluding carboxylic acids is 3. The van der Waals surface area contributed by atoms with Crippen LogP contribution >= 0.6 is 0 Å². The topological polar surface area (TPSA) is 100 Å². The van der Waals surface area contributed by atoms with E-state index in [9.17, 15) is 14.4 Å². The van der Waals surface area contributed by atoms with E-state index in [0.717, 1.165) is 29.2 Å². The molecular formula is C24H34N4O5. The van der Waals surface area contributed by atoms with Crippen molar-refractivity contribution >= 4 is 17.8 Å². The van der Waals surface area contributed by atoms with E-state index < -0.39 is 17.5 Å². The van der Waals surface area contributed by atoms with Crippen molar-refractivity contribution in [3.8, 4) is 11.5 Å². The molecule has 9 nitrogen and oxygen atoms in total. The van der Waals surface area contributed by atoms with E-state index in [-0.39, 0.29) is 25.3 Å². The monoisotopic (exact) mass is 458 g/mol. The van der Waals surface area contributed by atoms with Crippen LogP contribution in [0.1, 0.15) is 58.9 Å². The van der Waals surface area contributed by atoms with Crippen LogP contribution in [0.25, 0.3) is 0 Å². The van der Waals surface area contributed by atoms with Crippen LogP contribution in [0.15, 0.2) is 18.2 Å². The van der Waals surface area contributed by atoms with Gasteiger partial charge in [-0.05, 0) is 49.3 Å². The summed E-state index contributed by atoms with van der Waals surface area (Å²) in [5.41, 5.74) is 2.56. The molecule has 0 bridgehead atoms. The fourth-order valence-corrected chi connectivity index (χ4v) is 5.00. The molecule has 4 amide bonds. The molecule has 1 aromatic rings. The minimum absolute atomic E-state index is 0.0794. The molecule has 0 aromatic heterocycles. The number of benzene rings is 1. The van der Waals surface area contributed by atoms with Crippen LogP contribution in [-0.2, 0) is 16.1 Å². The predicted molar refractivity (Wildman–Crippen MR) is 121 cm³/mol. The molecule has 2 N–H and O–H groups in total. The number of urea groups is 1. The van der Waals surface area contributed by atoms with Crippen LogP contribution in [0.5, 0.6) is 11.5 Å². The minimum Gasteiger partial charge on any atom is -0.454 e. The maximum atomic E-state index is 13.0. The largest absolute Gasteiger partial charge is 0.454 e. The van der Waals surface area contributed by atoms with Gasteiger partial charge in [0.2, 0.25) is 6.79 Å². The SMILES string of the molecule is CCC1(C)NC(=O)N(NC(=O)CN(Cc2ccc3c(c2)OCO3)C2CCCC(C)C2C)C1=O. The molecule has 1 aromatic carbocycles. The molecular weight excluding hydrogens is 424 g/mol. The van der Waals surface area contributed by atoms with Gasteiger partial charge in [-0.25, -0.2) is 4.79 Å². The van der Waals surface area contributed by atoms with Crippen molar-refractivity contribution in [2.45, 2.75) is 71.5 Å². The fourth-order valence-electron chi connectivity index (χ4n) is 5.00. The Morgan fingerprint density at radius 2 is 2.00 bits per heavy atom. The molecule has 1 saturated heterocycles. The number of imide groups is 1. The fraction of sp³-hybridized carbons (Fsp3) is 0.625. The van der Waals surface area contributed by atoms with E-state index in [0.29, 0.717) is 30.6 Å². The van der Waals surface area contributed by atoms with Crippen LogP contribution in [-0.4, -0.2) is 52.7 Å². The summed E-state index contributed by atoms with van der Waals surface area (Å²) >= 11 is 0. The molecule has 0 spiro atoms. The summed E-state index contributed by atoms with van der Waals surface area (Å²) in [5, 5.41) is 3.48. The Morgan fingerprint density at radius 1 is 1.24 bits per heavy atom. The smallest absolute Gasteiger partial charge is 0.344 e. The Labute approximate surface area is 194 Å². The predicted octanol–water partition coefficient (Wildman–Crippen LogP) is 2.79. The van der Waals surface area contributed by atoms with Gasteiger partial charge in [0.1, 0.15) is 5.54 Å². The van der Waals surface area contributed by atoms with E-state index >= 15 is 0 Å². The Bertz CT molecular complexity index is 937. The van der Waals surface area contributed by atoms with Crippen molar-refractivity contribution in [1.29, 1.82) is 0 Å². The number of hydrogen-bond donors (Lipinski definition) is 2. The van der Waals surface area contributed by atoms with E-state index in [1.165, 1.54) is 6.42 Å². The second kappa shape index (κ2) is 9.21. The molecule has 2 heterocycles. The maximum absolute atomic E-state index is 13.0. The summed E-state index contributed by atoms with van der Waals surface area (Å²) in [6, 6.07) is 5.45. The molecule has 2 fully saturated rings. The Morgan fingerprint density at radius 3 is 2.73 bits per heavy atom. The first-order valence-electron chi connectivity index (χ1n) is 11.8. The van der Waals surface area contributed by atoms with Crippen LogP contribution in [0.4, 0.5) is 4.79 Å². The van der Waals surface area contributed by atoms with Crippen LogP contribution in [0.3, 0.4) is 0 Å². The number of fused-ring (bicyclic) bond motifs is 1. The Kier molecular flexibility index (Phi) is 6.52. The number of rotatable bonds is 7. The first kappa shape index (κ1) is 23.4. The highest BCUT2D eigenvalue weighted by Crippen LogP contribution is 2.36. The number of carbonyl (C=O) groups is 3. The lowest BCUT2D eigenvalue weighted by Crippen LogP contribution is -2.53. The van der Waals surface area contributed by atoms with Crippen molar-refractivity contribution in [3.63, 3.8) is 0 Å². The lowest BCUT2D eigenvalue weighted by molar-refractivity contribution is -0.139. The number of nitrogens with zero attached hydrogens (tertiary/aromatic N) is 2. The summed E-state index contributed by atoms with van der Waals surface area (Å²) in [5.74, 6) is 1.58. The molecule has 1 saturated carbocycles. The zero-order valence-electron chi connectivity index (χ0n) is 19.8. The van der Waals surface area contributed by atoms with Crippen molar-refractivity contribution in [2.24, 2.45) is 11.8 Å². The molecule has 4 unspecified atom stereocenters. The molecule has 3 aliphatic rings. The van der Waals surface area contributed by atoms with Gasteiger partial charge in [0, 0.05) is 12.6 Å². The summed E-state index contributed by atoms with van der Waals surface area (Å²) in [4.78, 5) is 40.2. The number of hydrogen-bond acceptors (Lipinski definition) is 6. The number of amides is 4. The van der Waals surface area contributed by atoms with Gasteiger partial charge in [0.25, 0.3) is 11.8 Å². The van der Waals surface area contributed by atoms with Gasteiger partial charge in [-0.3, -0.25) is 19.9 Å². The molecule has 33 heavy (non-hydrogen) atoms. The summed E-state index contributed by atoms with van der Waals surface area (Å²) in [6.45, 7) is 8.83. The average molecular weight is 459 g/mol. The lowest BCUT2D eigenvalue weighted by Gasteiger charge is -2.41. The number of nitrogens with one attached hydrogen (secondary N) is 2. The quantitative estimate of drug-likeness (QED) is 0.610. The van der Waals surface area contributed by atoms with Crippen LogP contribution < -0.4 is 20.2 Å². The molecule has 1 aliphatic carbocycles. The Balaban J connectivity index is 1.50. The number of hydrazine groups is 1. The van der Waals surface area contributed by atoms with Crippen molar-refractivity contribution in [3.05, 3.63) is 23.8 Å². The molecule has 9 heteroatoms.